The molecule has 5 heteroatoms. The Bertz CT molecular complexity index is 193. The van der Waals surface area contributed by atoms with Crippen LogP contribution in [0.4, 0.5) is 4.79 Å². The molecule has 0 radical (unpaired) electrons. The summed E-state index contributed by atoms with van der Waals surface area (Å²) in [6.45, 7) is 3.87. The van der Waals surface area contributed by atoms with Gasteiger partial charge in [-0.25, -0.2) is 9.59 Å². The zero-order valence-corrected chi connectivity index (χ0v) is 8.58. The predicted molar refractivity (Wildman–Crippen MR) is 51.1 cm³/mol. The van der Waals surface area contributed by atoms with Crippen molar-refractivity contribution in [1.82, 2.24) is 5.32 Å². The Hall–Kier alpha value is -1.26. The van der Waals surface area contributed by atoms with E-state index in [0.29, 0.717) is 6.42 Å². The number of ether oxygens (including phenoxy) is 1. The van der Waals surface area contributed by atoms with Crippen molar-refractivity contribution in [3.63, 3.8) is 0 Å². The Labute approximate surface area is 83.4 Å². The van der Waals surface area contributed by atoms with E-state index in [1.807, 2.05) is 6.92 Å². The number of amides is 1. The molecule has 0 unspecified atom stereocenters. The van der Waals surface area contributed by atoms with Crippen LogP contribution in [0, 0.1) is 0 Å². The smallest absolute Gasteiger partial charge is 0.407 e. The molecule has 82 valence electrons. The number of aliphatic carboxylic acids is 1. The number of unbranched alkanes of at least 4 members (excludes halogenated alkanes) is 1. The second-order valence-corrected chi connectivity index (χ2v) is 2.90. The van der Waals surface area contributed by atoms with Crippen LogP contribution >= 0.6 is 0 Å². The molecule has 0 aliphatic rings. The standard InChI is InChI=1S/C9H17NO4/c1-3-5-6-7(8(11)12)10-9(13)14-4-2/h7H,3-6H2,1-2H3,(H,10,13)(H,11,12)/t7-/m1/s1. The third-order valence-electron chi connectivity index (χ3n) is 1.71. The summed E-state index contributed by atoms with van der Waals surface area (Å²) in [5, 5.41) is 11.0. The molecule has 1 amide bonds. The molecule has 0 heterocycles. The average Bonchev–Trinajstić information content (AvgIpc) is 2.12. The van der Waals surface area contributed by atoms with E-state index in [4.69, 9.17) is 5.11 Å². The van der Waals surface area contributed by atoms with Crippen LogP contribution in [0.3, 0.4) is 0 Å². The third-order valence-corrected chi connectivity index (χ3v) is 1.71. The van der Waals surface area contributed by atoms with Crippen molar-refractivity contribution in [1.29, 1.82) is 0 Å². The van der Waals surface area contributed by atoms with Gasteiger partial charge in [0.2, 0.25) is 0 Å². The highest BCUT2D eigenvalue weighted by atomic mass is 16.5. The molecule has 1 atom stereocenters. The van der Waals surface area contributed by atoms with Gasteiger partial charge in [0.25, 0.3) is 0 Å². The first kappa shape index (κ1) is 12.7. The molecule has 0 bridgehead atoms. The minimum absolute atomic E-state index is 0.242. The molecule has 14 heavy (non-hydrogen) atoms. The average molecular weight is 203 g/mol. The van der Waals surface area contributed by atoms with Gasteiger partial charge in [0.15, 0.2) is 0 Å². The molecule has 0 saturated carbocycles. The molecule has 0 aromatic rings. The topological polar surface area (TPSA) is 75.6 Å². The molecule has 0 rings (SSSR count). The van der Waals surface area contributed by atoms with Crippen LogP contribution in [0.5, 0.6) is 0 Å². The van der Waals surface area contributed by atoms with Gasteiger partial charge in [-0.2, -0.15) is 0 Å². The Morgan fingerprint density at radius 3 is 2.50 bits per heavy atom. The predicted octanol–water partition coefficient (Wildman–Crippen LogP) is 1.38. The van der Waals surface area contributed by atoms with Crippen LogP contribution < -0.4 is 5.32 Å². The molecule has 0 fully saturated rings. The molecule has 0 aliphatic heterocycles. The molecule has 0 spiro atoms. The summed E-state index contributed by atoms with van der Waals surface area (Å²) >= 11 is 0. The first-order chi connectivity index (χ1) is 6.61. The van der Waals surface area contributed by atoms with Crippen LogP contribution in [0.15, 0.2) is 0 Å². The van der Waals surface area contributed by atoms with Crippen molar-refractivity contribution in [3.05, 3.63) is 0 Å². The normalized spacial score (nSPS) is 11.9. The summed E-state index contributed by atoms with van der Waals surface area (Å²) in [6.07, 6.45) is 1.43. The largest absolute Gasteiger partial charge is 0.480 e. The lowest BCUT2D eigenvalue weighted by Gasteiger charge is -2.13. The summed E-state index contributed by atoms with van der Waals surface area (Å²) in [6, 6.07) is -0.839. The monoisotopic (exact) mass is 203 g/mol. The summed E-state index contributed by atoms with van der Waals surface area (Å²) in [7, 11) is 0. The second kappa shape index (κ2) is 7.17. The van der Waals surface area contributed by atoms with Gasteiger partial charge in [0, 0.05) is 0 Å². The number of alkyl carbamates (subject to hydrolysis) is 1. The van der Waals surface area contributed by atoms with Crippen molar-refractivity contribution in [2.24, 2.45) is 0 Å². The first-order valence-corrected chi connectivity index (χ1v) is 4.77. The molecule has 0 aliphatic carbocycles. The van der Waals surface area contributed by atoms with Crippen molar-refractivity contribution in [2.45, 2.75) is 39.2 Å². The van der Waals surface area contributed by atoms with E-state index in [2.05, 4.69) is 10.1 Å². The number of hydrogen-bond donors (Lipinski definition) is 2. The zero-order chi connectivity index (χ0) is 11.0. The summed E-state index contributed by atoms with van der Waals surface area (Å²) < 4.78 is 4.59. The van der Waals surface area contributed by atoms with Gasteiger partial charge in [0.1, 0.15) is 6.04 Å². The van der Waals surface area contributed by atoms with Crippen LogP contribution in [0.25, 0.3) is 0 Å². The molecule has 0 saturated heterocycles. The fraction of sp³-hybridized carbons (Fsp3) is 0.778. The maximum atomic E-state index is 10.9. The number of carboxylic acid groups (broad SMARTS) is 1. The molecular weight excluding hydrogens is 186 g/mol. The van der Waals surface area contributed by atoms with Crippen LogP contribution in [0.1, 0.15) is 33.1 Å². The number of nitrogens with one attached hydrogen (secondary N) is 1. The van der Waals surface area contributed by atoms with Crippen LogP contribution in [0.2, 0.25) is 0 Å². The molecular formula is C9H17NO4. The van der Waals surface area contributed by atoms with Gasteiger partial charge in [-0.05, 0) is 13.3 Å². The van der Waals surface area contributed by atoms with Crippen molar-refractivity contribution >= 4 is 12.1 Å². The summed E-state index contributed by atoms with van der Waals surface area (Å²) in [5.41, 5.74) is 0. The maximum absolute atomic E-state index is 10.9. The summed E-state index contributed by atoms with van der Waals surface area (Å²) in [5.74, 6) is -1.02. The Balaban J connectivity index is 3.95. The number of carbonyl (C=O) groups excluding carboxylic acids is 1. The molecule has 5 nitrogen and oxygen atoms in total. The minimum Gasteiger partial charge on any atom is -0.480 e. The van der Waals surface area contributed by atoms with E-state index in [9.17, 15) is 9.59 Å². The van der Waals surface area contributed by atoms with Gasteiger partial charge >= 0.3 is 12.1 Å². The van der Waals surface area contributed by atoms with E-state index in [1.54, 1.807) is 6.92 Å². The van der Waals surface area contributed by atoms with Gasteiger partial charge in [-0.1, -0.05) is 19.8 Å². The van der Waals surface area contributed by atoms with Gasteiger partial charge < -0.3 is 15.2 Å². The van der Waals surface area contributed by atoms with Gasteiger partial charge in [-0.15, -0.1) is 0 Å². The van der Waals surface area contributed by atoms with E-state index < -0.39 is 18.1 Å². The van der Waals surface area contributed by atoms with E-state index in [-0.39, 0.29) is 6.61 Å². The molecule has 2 N–H and O–H groups in total. The fourth-order valence-corrected chi connectivity index (χ4v) is 0.981. The Kier molecular flexibility index (Phi) is 6.53. The number of carboxylic acids is 1. The lowest BCUT2D eigenvalue weighted by atomic mass is 10.1. The minimum atomic E-state index is -1.02. The van der Waals surface area contributed by atoms with E-state index >= 15 is 0 Å². The molecule has 0 aromatic heterocycles. The summed E-state index contributed by atoms with van der Waals surface area (Å²) in [4.78, 5) is 21.6. The van der Waals surface area contributed by atoms with Crippen molar-refractivity contribution < 1.29 is 19.4 Å². The number of rotatable bonds is 6. The van der Waals surface area contributed by atoms with Crippen molar-refractivity contribution in [2.75, 3.05) is 6.61 Å². The second-order valence-electron chi connectivity index (χ2n) is 2.90. The Morgan fingerprint density at radius 2 is 2.07 bits per heavy atom. The quantitative estimate of drug-likeness (QED) is 0.683. The van der Waals surface area contributed by atoms with E-state index in [1.165, 1.54) is 0 Å². The highest BCUT2D eigenvalue weighted by Gasteiger charge is 2.19. The van der Waals surface area contributed by atoms with E-state index in [0.717, 1.165) is 12.8 Å². The van der Waals surface area contributed by atoms with Crippen LogP contribution in [-0.4, -0.2) is 29.8 Å². The highest BCUT2D eigenvalue weighted by Crippen LogP contribution is 2.01. The third kappa shape index (κ3) is 5.40. The first-order valence-electron chi connectivity index (χ1n) is 4.77. The van der Waals surface area contributed by atoms with Crippen molar-refractivity contribution in [3.8, 4) is 0 Å². The van der Waals surface area contributed by atoms with Gasteiger partial charge in [-0.3, -0.25) is 0 Å². The highest BCUT2D eigenvalue weighted by molar-refractivity contribution is 5.79. The Morgan fingerprint density at radius 1 is 1.43 bits per heavy atom. The molecule has 0 aromatic carbocycles. The lowest BCUT2D eigenvalue weighted by Crippen LogP contribution is -2.41. The number of carbonyl (C=O) groups is 2. The zero-order valence-electron chi connectivity index (χ0n) is 8.58. The fourth-order valence-electron chi connectivity index (χ4n) is 0.981. The SMILES string of the molecule is CCCC[C@@H](NC(=O)OCC)C(=O)O. The maximum Gasteiger partial charge on any atom is 0.407 e. The lowest BCUT2D eigenvalue weighted by molar-refractivity contribution is -0.139. The van der Waals surface area contributed by atoms with Gasteiger partial charge in [0.05, 0.1) is 6.61 Å². The number of hydrogen-bond acceptors (Lipinski definition) is 3. The van der Waals surface area contributed by atoms with Crippen LogP contribution in [-0.2, 0) is 9.53 Å².